The molecule has 1 fully saturated rings. The molecule has 0 aromatic carbocycles. The zero-order valence-corrected chi connectivity index (χ0v) is 15.1. The van der Waals surface area contributed by atoms with Crippen LogP contribution in [-0.4, -0.2) is 51.0 Å². The Bertz CT molecular complexity index is 875. The molecule has 3 aromatic rings. The van der Waals surface area contributed by atoms with E-state index in [9.17, 15) is 0 Å². The van der Waals surface area contributed by atoms with E-state index in [0.717, 1.165) is 30.4 Å². The van der Waals surface area contributed by atoms with Gasteiger partial charge in [-0.3, -0.25) is 4.98 Å². The first-order valence-corrected chi connectivity index (χ1v) is 8.54. The number of likely N-dealkylation sites (N-methyl/N-ethyl adjacent to an activating group) is 1. The van der Waals surface area contributed by atoms with E-state index < -0.39 is 0 Å². The van der Waals surface area contributed by atoms with Crippen LogP contribution in [0.1, 0.15) is 26.6 Å². The Morgan fingerprint density at radius 3 is 2.44 bits per heavy atom. The Morgan fingerprint density at radius 2 is 1.76 bits per heavy atom. The van der Waals surface area contributed by atoms with Crippen molar-refractivity contribution >= 4 is 17.2 Å². The third kappa shape index (κ3) is 2.79. The van der Waals surface area contributed by atoms with Crippen LogP contribution < -0.4 is 9.80 Å². The average molecular weight is 337 g/mol. The van der Waals surface area contributed by atoms with E-state index >= 15 is 0 Å². The maximum atomic E-state index is 4.78. The highest BCUT2D eigenvalue weighted by Crippen LogP contribution is 2.26. The summed E-state index contributed by atoms with van der Waals surface area (Å²) in [4.78, 5) is 8.67. The van der Waals surface area contributed by atoms with Crippen molar-refractivity contribution in [2.45, 2.75) is 32.2 Å². The van der Waals surface area contributed by atoms with Gasteiger partial charge in [0.2, 0.25) is 0 Å². The van der Waals surface area contributed by atoms with Crippen molar-refractivity contribution in [1.29, 1.82) is 0 Å². The van der Waals surface area contributed by atoms with Crippen LogP contribution in [-0.2, 0) is 5.41 Å². The smallest absolute Gasteiger partial charge is 0.178 e. The lowest BCUT2D eigenvalue weighted by atomic mass is 9.96. The standard InChI is InChI=1S/C18H23N7/c1-18(2,3)17-21-20-15-5-6-16(22-25(15)17)24-11-14(12-24)23(4)13-7-9-19-10-8-13/h5-10,14H,11-12H2,1-4H3. The van der Waals surface area contributed by atoms with Crippen LogP contribution in [0.3, 0.4) is 0 Å². The predicted molar refractivity (Wildman–Crippen MR) is 98.1 cm³/mol. The summed E-state index contributed by atoms with van der Waals surface area (Å²) in [5, 5.41) is 13.3. The monoisotopic (exact) mass is 337 g/mol. The molecule has 0 spiro atoms. The number of nitrogens with zero attached hydrogens (tertiary/aromatic N) is 7. The van der Waals surface area contributed by atoms with Gasteiger partial charge in [0.15, 0.2) is 11.5 Å². The van der Waals surface area contributed by atoms with E-state index in [4.69, 9.17) is 5.10 Å². The van der Waals surface area contributed by atoms with Crippen molar-refractivity contribution in [1.82, 2.24) is 24.8 Å². The van der Waals surface area contributed by atoms with Gasteiger partial charge in [-0.25, -0.2) is 0 Å². The molecule has 25 heavy (non-hydrogen) atoms. The molecular formula is C18H23N7. The Balaban J connectivity index is 1.52. The number of hydrogen-bond donors (Lipinski definition) is 0. The third-order valence-corrected chi connectivity index (χ3v) is 4.72. The molecule has 0 radical (unpaired) electrons. The van der Waals surface area contributed by atoms with E-state index in [1.165, 1.54) is 5.69 Å². The maximum absolute atomic E-state index is 4.78. The lowest BCUT2D eigenvalue weighted by Gasteiger charge is -2.45. The molecule has 0 amide bonds. The van der Waals surface area contributed by atoms with Crippen LogP contribution in [0.15, 0.2) is 36.7 Å². The van der Waals surface area contributed by atoms with Crippen molar-refractivity contribution in [3.8, 4) is 0 Å². The Hall–Kier alpha value is -2.70. The molecule has 130 valence electrons. The zero-order chi connectivity index (χ0) is 17.6. The first-order valence-electron chi connectivity index (χ1n) is 8.54. The molecule has 1 aliphatic heterocycles. The van der Waals surface area contributed by atoms with E-state index in [1.54, 1.807) is 0 Å². The summed E-state index contributed by atoms with van der Waals surface area (Å²) >= 11 is 0. The summed E-state index contributed by atoms with van der Waals surface area (Å²) < 4.78 is 1.87. The van der Waals surface area contributed by atoms with E-state index in [1.807, 2.05) is 41.2 Å². The molecule has 4 heterocycles. The quantitative estimate of drug-likeness (QED) is 0.730. The van der Waals surface area contributed by atoms with Gasteiger partial charge in [-0.15, -0.1) is 15.3 Å². The van der Waals surface area contributed by atoms with Crippen molar-refractivity contribution in [3.05, 3.63) is 42.5 Å². The topological polar surface area (TPSA) is 62.5 Å². The van der Waals surface area contributed by atoms with Crippen molar-refractivity contribution in [2.24, 2.45) is 0 Å². The maximum Gasteiger partial charge on any atom is 0.178 e. The molecule has 7 nitrogen and oxygen atoms in total. The van der Waals surface area contributed by atoms with Crippen LogP contribution in [0.4, 0.5) is 11.5 Å². The molecule has 0 aliphatic carbocycles. The van der Waals surface area contributed by atoms with Crippen molar-refractivity contribution in [3.63, 3.8) is 0 Å². The fraction of sp³-hybridized carbons (Fsp3) is 0.444. The second kappa shape index (κ2) is 5.68. The Labute approximate surface area is 147 Å². The van der Waals surface area contributed by atoms with Crippen molar-refractivity contribution < 1.29 is 0 Å². The summed E-state index contributed by atoms with van der Waals surface area (Å²) in [6.45, 7) is 8.28. The first-order chi connectivity index (χ1) is 11.9. The van der Waals surface area contributed by atoms with E-state index in [2.05, 4.69) is 52.8 Å². The molecule has 1 aliphatic rings. The minimum atomic E-state index is -0.0932. The van der Waals surface area contributed by atoms with Crippen LogP contribution in [0, 0.1) is 0 Å². The largest absolute Gasteiger partial charge is 0.368 e. The van der Waals surface area contributed by atoms with Gasteiger partial charge in [0, 0.05) is 43.6 Å². The number of pyridine rings is 1. The molecular weight excluding hydrogens is 314 g/mol. The highest BCUT2D eigenvalue weighted by atomic mass is 15.4. The van der Waals surface area contributed by atoms with E-state index in [-0.39, 0.29) is 5.41 Å². The van der Waals surface area contributed by atoms with Crippen molar-refractivity contribution in [2.75, 3.05) is 29.9 Å². The highest BCUT2D eigenvalue weighted by Gasteiger charge is 2.32. The van der Waals surface area contributed by atoms with Gasteiger partial charge in [-0.2, -0.15) is 4.52 Å². The molecule has 4 rings (SSSR count). The second-order valence-electron chi connectivity index (χ2n) is 7.61. The average Bonchev–Trinajstić information content (AvgIpc) is 2.97. The van der Waals surface area contributed by atoms with Crippen LogP contribution in [0.2, 0.25) is 0 Å². The van der Waals surface area contributed by atoms with E-state index in [0.29, 0.717) is 6.04 Å². The normalized spacial score (nSPS) is 15.4. The molecule has 0 unspecified atom stereocenters. The molecule has 0 N–H and O–H groups in total. The third-order valence-electron chi connectivity index (χ3n) is 4.72. The van der Waals surface area contributed by atoms with Gasteiger partial charge in [0.25, 0.3) is 0 Å². The SMILES string of the molecule is CN(c1ccncc1)C1CN(c2ccc3nnc(C(C)(C)C)n3n2)C1. The van der Waals surface area contributed by atoms with Crippen LogP contribution in [0.25, 0.3) is 5.65 Å². The van der Waals surface area contributed by atoms with Gasteiger partial charge in [0.05, 0.1) is 6.04 Å². The number of aromatic nitrogens is 5. The first kappa shape index (κ1) is 15.8. The Morgan fingerprint density at radius 1 is 1.04 bits per heavy atom. The van der Waals surface area contributed by atoms with Gasteiger partial charge >= 0.3 is 0 Å². The molecule has 3 aromatic heterocycles. The fourth-order valence-corrected chi connectivity index (χ4v) is 3.09. The van der Waals surface area contributed by atoms with Gasteiger partial charge in [-0.1, -0.05) is 20.8 Å². The summed E-state index contributed by atoms with van der Waals surface area (Å²) in [6.07, 6.45) is 3.66. The summed E-state index contributed by atoms with van der Waals surface area (Å²) in [5.41, 5.74) is 1.89. The molecule has 1 saturated heterocycles. The number of rotatable bonds is 3. The fourth-order valence-electron chi connectivity index (χ4n) is 3.09. The predicted octanol–water partition coefficient (Wildman–Crippen LogP) is 2.14. The molecule has 0 bridgehead atoms. The van der Waals surface area contributed by atoms with Gasteiger partial charge in [-0.05, 0) is 24.3 Å². The van der Waals surface area contributed by atoms with Gasteiger partial charge < -0.3 is 9.80 Å². The lowest BCUT2D eigenvalue weighted by Crippen LogP contribution is -2.59. The lowest BCUT2D eigenvalue weighted by molar-refractivity contribution is 0.485. The summed E-state index contributed by atoms with van der Waals surface area (Å²) in [6, 6.07) is 8.58. The number of fused-ring (bicyclic) bond motifs is 1. The zero-order valence-electron chi connectivity index (χ0n) is 15.1. The molecule has 7 heteroatoms. The van der Waals surface area contributed by atoms with Crippen LogP contribution in [0.5, 0.6) is 0 Å². The number of anilines is 2. The number of hydrogen-bond acceptors (Lipinski definition) is 6. The summed E-state index contributed by atoms with van der Waals surface area (Å²) in [7, 11) is 2.13. The van der Waals surface area contributed by atoms with Gasteiger partial charge in [0.1, 0.15) is 5.82 Å². The minimum absolute atomic E-state index is 0.0932. The highest BCUT2D eigenvalue weighted by molar-refractivity contribution is 5.52. The summed E-state index contributed by atoms with van der Waals surface area (Å²) in [5.74, 6) is 1.85. The Kier molecular flexibility index (Phi) is 3.59. The molecule has 0 atom stereocenters. The minimum Gasteiger partial charge on any atom is -0.368 e. The second-order valence-corrected chi connectivity index (χ2v) is 7.61. The van der Waals surface area contributed by atoms with Crippen LogP contribution >= 0.6 is 0 Å². The molecule has 0 saturated carbocycles.